The molecule has 1 aliphatic rings. The molecule has 0 amide bonds. The predicted molar refractivity (Wildman–Crippen MR) is 79.9 cm³/mol. The summed E-state index contributed by atoms with van der Waals surface area (Å²) in [5.74, 6) is 0. The molecule has 96 valence electrons. The van der Waals surface area contributed by atoms with Crippen LogP contribution in [0.25, 0.3) is 0 Å². The summed E-state index contributed by atoms with van der Waals surface area (Å²) in [4.78, 5) is 0. The van der Waals surface area contributed by atoms with Crippen LogP contribution < -0.4 is 0 Å². The van der Waals surface area contributed by atoms with Gasteiger partial charge in [0.15, 0.2) is 0 Å². The molecule has 5 heteroatoms. The SMILES string of the molecule is CP(C)CC(C)(C)C1=[C]([V])CC=C1.Cl.Cl.Cl. The largest absolute Gasteiger partial charge is 0.147 e. The van der Waals surface area contributed by atoms with Crippen LogP contribution >= 0.6 is 45.1 Å². The quantitative estimate of drug-likeness (QED) is 0.648. The Bertz CT molecular complexity index is 260. The monoisotopic (exact) mass is 340 g/mol. The molecule has 0 aromatic carbocycles. The molecule has 0 unspecified atom stereocenters. The second kappa shape index (κ2) is 9.32. The molecule has 16 heavy (non-hydrogen) atoms. The third kappa shape index (κ3) is 6.34. The summed E-state index contributed by atoms with van der Waals surface area (Å²) in [6.07, 6.45) is 7.07. The van der Waals surface area contributed by atoms with E-state index < -0.39 is 0 Å². The Balaban J connectivity index is -0.000000563. The fraction of sp³-hybridized carbons (Fsp3) is 0.636. The van der Waals surface area contributed by atoms with E-state index in [1.54, 1.807) is 5.57 Å². The van der Waals surface area contributed by atoms with Gasteiger partial charge in [0.1, 0.15) is 0 Å². The van der Waals surface area contributed by atoms with Gasteiger partial charge in [0.2, 0.25) is 0 Å². The van der Waals surface area contributed by atoms with Gasteiger partial charge in [-0.2, -0.15) is 0 Å². The first kappa shape index (κ1) is 22.5. The molecule has 0 fully saturated rings. The van der Waals surface area contributed by atoms with E-state index in [9.17, 15) is 0 Å². The molecule has 1 rings (SSSR count). The smallest absolute Gasteiger partial charge is 0.147 e. The maximum absolute atomic E-state index is 2.73. The van der Waals surface area contributed by atoms with Gasteiger partial charge in [0.25, 0.3) is 0 Å². The van der Waals surface area contributed by atoms with Crippen molar-refractivity contribution in [2.24, 2.45) is 5.41 Å². The third-order valence-corrected chi connectivity index (χ3v) is 4.43. The predicted octanol–water partition coefficient (Wildman–Crippen LogP) is 4.78. The van der Waals surface area contributed by atoms with Crippen molar-refractivity contribution in [1.29, 1.82) is 0 Å². The van der Waals surface area contributed by atoms with Crippen LogP contribution in [0.2, 0.25) is 0 Å². The van der Waals surface area contributed by atoms with Gasteiger partial charge in [-0.15, -0.1) is 37.2 Å². The summed E-state index contributed by atoms with van der Waals surface area (Å²) in [5, 5.41) is 0. The maximum Gasteiger partial charge on any atom is -0.147 e. The fourth-order valence-corrected chi connectivity index (χ4v) is 4.49. The minimum Gasteiger partial charge on any atom is -0.147 e. The molecule has 0 aromatic rings. The molecule has 0 nitrogen and oxygen atoms in total. The summed E-state index contributed by atoms with van der Waals surface area (Å²) in [7, 11) is 0.201. The number of hydrogen-bond donors (Lipinski definition) is 0. The minimum absolute atomic E-state index is 0. The third-order valence-electron chi connectivity index (χ3n) is 2.35. The van der Waals surface area contributed by atoms with Crippen molar-refractivity contribution in [3.8, 4) is 0 Å². The number of allylic oxidation sites excluding steroid dienone is 4. The van der Waals surface area contributed by atoms with E-state index in [2.05, 4.69) is 56.8 Å². The van der Waals surface area contributed by atoms with Crippen molar-refractivity contribution in [3.05, 3.63) is 22.0 Å². The van der Waals surface area contributed by atoms with Crippen LogP contribution in [-0.4, -0.2) is 19.5 Å². The van der Waals surface area contributed by atoms with Gasteiger partial charge >= 0.3 is 92.5 Å². The van der Waals surface area contributed by atoms with Crippen molar-refractivity contribution < 1.29 is 17.4 Å². The van der Waals surface area contributed by atoms with Crippen LogP contribution in [0.5, 0.6) is 0 Å². The zero-order chi connectivity index (χ0) is 10.1. The number of rotatable bonds is 3. The van der Waals surface area contributed by atoms with Crippen LogP contribution in [0.1, 0.15) is 20.3 Å². The van der Waals surface area contributed by atoms with E-state index in [0.717, 1.165) is 6.42 Å². The van der Waals surface area contributed by atoms with Gasteiger partial charge < -0.3 is 0 Å². The van der Waals surface area contributed by atoms with Gasteiger partial charge in [-0.05, 0) is 0 Å². The fourth-order valence-electron chi connectivity index (χ4n) is 1.99. The first-order chi connectivity index (χ1) is 5.93. The number of hydrogen-bond acceptors (Lipinski definition) is 0. The van der Waals surface area contributed by atoms with Crippen molar-refractivity contribution >= 4 is 45.1 Å². The maximum atomic E-state index is 2.73. The molecule has 1 aliphatic carbocycles. The zero-order valence-corrected chi connectivity index (χ0v) is 14.9. The van der Waals surface area contributed by atoms with Crippen LogP contribution in [0.15, 0.2) is 22.0 Å². The first-order valence-electron chi connectivity index (χ1n) is 4.67. The van der Waals surface area contributed by atoms with Gasteiger partial charge in [-0.1, -0.05) is 0 Å². The van der Waals surface area contributed by atoms with Gasteiger partial charge in [-0.25, -0.2) is 0 Å². The number of halogens is 3. The van der Waals surface area contributed by atoms with Crippen LogP contribution in [-0.2, 0) is 17.4 Å². The standard InChI is InChI=1S/C11H18P.3ClH.V/c1-11(2,9-12(3)4)10-7-5-6-8-10;;;;/h5,7H,6,9H2,1-4H3;3*1H;. The second-order valence-corrected chi connectivity index (χ2v) is 7.91. The molecule has 0 aromatic heterocycles. The van der Waals surface area contributed by atoms with Crippen molar-refractivity contribution in [2.75, 3.05) is 19.5 Å². The topological polar surface area (TPSA) is 0 Å². The Morgan fingerprint density at radius 3 is 2.06 bits per heavy atom. The Hall–Kier alpha value is 1.36. The Morgan fingerprint density at radius 2 is 1.75 bits per heavy atom. The second-order valence-electron chi connectivity index (χ2n) is 4.59. The molecular formula is C11H21Cl3PV. The van der Waals surface area contributed by atoms with E-state index in [0.29, 0.717) is 5.41 Å². The van der Waals surface area contributed by atoms with E-state index in [4.69, 9.17) is 0 Å². The normalized spacial score (nSPS) is 14.3. The van der Waals surface area contributed by atoms with E-state index in [-0.39, 0.29) is 45.1 Å². The molecule has 0 N–H and O–H groups in total. The summed E-state index contributed by atoms with van der Waals surface area (Å²) < 4.78 is 1.51. The first-order valence-corrected chi connectivity index (χ1v) is 7.79. The van der Waals surface area contributed by atoms with Crippen LogP contribution in [0, 0.1) is 5.41 Å². The summed E-state index contributed by atoms with van der Waals surface area (Å²) in [5.41, 5.74) is 1.94. The Kier molecular flexibility index (Phi) is 13.1. The Labute approximate surface area is 129 Å². The molecule has 0 aliphatic heterocycles. The summed E-state index contributed by atoms with van der Waals surface area (Å²) in [6, 6.07) is 0. The van der Waals surface area contributed by atoms with E-state index in [1.807, 2.05) is 0 Å². The molecule has 0 saturated carbocycles. The Morgan fingerprint density at radius 1 is 1.25 bits per heavy atom. The molecule has 0 spiro atoms. The molecular weight excluding hydrogens is 320 g/mol. The van der Waals surface area contributed by atoms with Crippen LogP contribution in [0.3, 0.4) is 0 Å². The van der Waals surface area contributed by atoms with Crippen molar-refractivity contribution in [2.45, 2.75) is 20.3 Å². The zero-order valence-electron chi connectivity index (χ0n) is 10.2. The molecule has 0 bridgehead atoms. The average molecular weight is 342 g/mol. The molecule has 0 heterocycles. The van der Waals surface area contributed by atoms with Gasteiger partial charge in [0.05, 0.1) is 0 Å². The van der Waals surface area contributed by atoms with Gasteiger partial charge in [0, 0.05) is 0 Å². The van der Waals surface area contributed by atoms with E-state index >= 15 is 0 Å². The summed E-state index contributed by atoms with van der Waals surface area (Å²) in [6.45, 7) is 9.46. The van der Waals surface area contributed by atoms with E-state index in [1.165, 1.54) is 10.4 Å². The van der Waals surface area contributed by atoms with Crippen LogP contribution in [0.4, 0.5) is 0 Å². The van der Waals surface area contributed by atoms with Crippen molar-refractivity contribution in [3.63, 3.8) is 0 Å². The summed E-state index contributed by atoms with van der Waals surface area (Å²) >= 11 is 2.73. The molecule has 0 saturated heterocycles. The molecule has 0 atom stereocenters. The molecule has 0 radical (unpaired) electrons. The minimum atomic E-state index is 0. The van der Waals surface area contributed by atoms with Gasteiger partial charge in [-0.3, -0.25) is 0 Å². The van der Waals surface area contributed by atoms with Crippen molar-refractivity contribution in [1.82, 2.24) is 0 Å². The average Bonchev–Trinajstić information content (AvgIpc) is 2.32.